The minimum Gasteiger partial charge on any atom is -3.00 e. The van der Waals surface area contributed by atoms with E-state index in [4.69, 9.17) is 0 Å². The molecule has 4 heteroatoms. The Balaban J connectivity index is 0. The molecule has 0 amide bonds. The third-order valence-electron chi connectivity index (χ3n) is 0. The summed E-state index contributed by atoms with van der Waals surface area (Å²) in [7, 11) is 0. The zero-order valence-electron chi connectivity index (χ0n) is 1.88. The van der Waals surface area contributed by atoms with Crippen LogP contribution < -0.4 is 0 Å². The maximum Gasteiger partial charge on any atom is 3.00 e. The summed E-state index contributed by atoms with van der Waals surface area (Å²) in [5.41, 5.74) is 0. The van der Waals surface area contributed by atoms with Crippen molar-refractivity contribution in [2.24, 2.45) is 0 Å². The third kappa shape index (κ3) is 11.4. The van der Waals surface area contributed by atoms with Gasteiger partial charge >= 0.3 is 37.2 Å². The molecule has 0 aliphatic carbocycles. The Hall–Kier alpha value is 1.09. The van der Waals surface area contributed by atoms with Gasteiger partial charge in [-0.05, 0) is 0 Å². The van der Waals surface area contributed by atoms with Crippen LogP contribution in [-0.2, 0) is 17.4 Å². The number of rotatable bonds is 0. The van der Waals surface area contributed by atoms with Crippen molar-refractivity contribution < 1.29 is 17.4 Å². The van der Waals surface area contributed by atoms with E-state index in [1.54, 1.807) is 0 Å². The first-order valence-corrected chi connectivity index (χ1v) is 0. The van der Waals surface area contributed by atoms with Crippen LogP contribution in [0.5, 0.6) is 0 Å². The average Bonchev–Trinajstić information content (AvgIpc) is 0. The second kappa shape index (κ2) is 32.9. The maximum atomic E-state index is 0. The van der Waals surface area contributed by atoms with Gasteiger partial charge in [-0.25, -0.2) is 0 Å². The van der Waals surface area contributed by atoms with Gasteiger partial charge in [0.2, 0.25) is 0 Å². The van der Waals surface area contributed by atoms with Crippen LogP contribution in [0.4, 0.5) is 0 Å². The Morgan fingerprint density at radius 2 is 0.750 bits per heavy atom. The molecule has 0 aliphatic rings. The smallest absolute Gasteiger partial charge is 3.00 e. The van der Waals surface area contributed by atoms with Crippen molar-refractivity contribution in [3.63, 3.8) is 0 Å². The molecule has 0 unspecified atom stereocenters. The summed E-state index contributed by atoms with van der Waals surface area (Å²) in [6.45, 7) is 0. The zero-order chi connectivity index (χ0) is 0. The van der Waals surface area contributed by atoms with E-state index >= 15 is 0 Å². The normalized spacial score (nSPS) is 0. The molecule has 0 atom stereocenters. The van der Waals surface area contributed by atoms with Gasteiger partial charge < -0.3 is 12.3 Å². The number of hydrogen-bond donors (Lipinski definition) is 0. The molecule has 4 heavy (non-hydrogen) atoms. The molecule has 0 heterocycles. The van der Waals surface area contributed by atoms with Crippen LogP contribution in [0.25, 0.3) is 12.3 Å². The summed E-state index contributed by atoms with van der Waals surface area (Å²) < 4.78 is 0. The molecule has 0 saturated heterocycles. The van der Waals surface area contributed by atoms with Crippen molar-refractivity contribution in [3.8, 4) is 0 Å². The van der Waals surface area contributed by atoms with Crippen molar-refractivity contribution in [3.05, 3.63) is 12.3 Å². The van der Waals surface area contributed by atoms with Crippen LogP contribution >= 0.6 is 0 Å². The standard InChI is InChI=1S/Cr.Ga.2N/q2*+3;2*-3. The van der Waals surface area contributed by atoms with E-state index in [1.807, 2.05) is 0 Å². The van der Waals surface area contributed by atoms with Gasteiger partial charge in [-0.1, -0.05) is 0 Å². The van der Waals surface area contributed by atoms with E-state index < -0.39 is 0 Å². The summed E-state index contributed by atoms with van der Waals surface area (Å²) in [5, 5.41) is 0. The monoisotopic (exact) mass is 149 g/mol. The molecule has 0 aromatic rings. The van der Waals surface area contributed by atoms with E-state index in [2.05, 4.69) is 0 Å². The van der Waals surface area contributed by atoms with E-state index in [9.17, 15) is 0 Å². The minimum absolute atomic E-state index is 0. The Morgan fingerprint density at radius 3 is 0.750 bits per heavy atom. The van der Waals surface area contributed by atoms with Crippen LogP contribution in [0, 0.1) is 0 Å². The largest absolute Gasteiger partial charge is 3.00 e. The van der Waals surface area contributed by atoms with E-state index in [0.29, 0.717) is 0 Å². The van der Waals surface area contributed by atoms with Gasteiger partial charge in [0.15, 0.2) is 0 Å². The second-order valence-electron chi connectivity index (χ2n) is 0. The average molecular weight is 150 g/mol. The van der Waals surface area contributed by atoms with Crippen molar-refractivity contribution in [2.75, 3.05) is 0 Å². The van der Waals surface area contributed by atoms with Crippen LogP contribution in [0.3, 0.4) is 0 Å². The van der Waals surface area contributed by atoms with Crippen molar-refractivity contribution in [2.45, 2.75) is 0 Å². The van der Waals surface area contributed by atoms with E-state index in [0.717, 1.165) is 0 Å². The summed E-state index contributed by atoms with van der Waals surface area (Å²) in [5.74, 6) is 0. The molecular weight excluding hydrogens is 150 g/mol. The van der Waals surface area contributed by atoms with E-state index in [1.165, 1.54) is 0 Å². The summed E-state index contributed by atoms with van der Waals surface area (Å²) in [6, 6.07) is 0. The van der Waals surface area contributed by atoms with E-state index in [-0.39, 0.29) is 49.5 Å². The second-order valence-corrected chi connectivity index (χ2v) is 0. The van der Waals surface area contributed by atoms with Gasteiger partial charge in [-0.3, -0.25) is 0 Å². The fraction of sp³-hybridized carbons (Fsp3) is 0. The molecule has 2 nitrogen and oxygen atoms in total. The van der Waals surface area contributed by atoms with Gasteiger partial charge in [0.05, 0.1) is 0 Å². The predicted molar refractivity (Wildman–Crippen MR) is 12.5 cm³/mol. The molecule has 19 valence electrons. The summed E-state index contributed by atoms with van der Waals surface area (Å²) in [4.78, 5) is 0. The molecule has 0 aromatic carbocycles. The molecule has 0 fully saturated rings. The predicted octanol–water partition coefficient (Wildman–Crippen LogP) is 0.194. The van der Waals surface area contributed by atoms with Crippen LogP contribution in [0.1, 0.15) is 0 Å². The Labute approximate surface area is 49.7 Å². The molecule has 0 aromatic heterocycles. The molecule has 0 rings (SSSR count). The molecule has 0 spiro atoms. The molecule has 0 saturated carbocycles. The molecule has 1 radical (unpaired) electrons. The first-order valence-electron chi connectivity index (χ1n) is 0. The fourth-order valence-electron chi connectivity index (χ4n) is 0. The minimum atomic E-state index is 0. The quantitative estimate of drug-likeness (QED) is 0.442. The van der Waals surface area contributed by atoms with Crippen LogP contribution in [0.15, 0.2) is 0 Å². The molecular formula is CrGaN2. The Kier molecular flexibility index (Phi) is 590. The third-order valence-corrected chi connectivity index (χ3v) is 0. The summed E-state index contributed by atoms with van der Waals surface area (Å²) in [6.07, 6.45) is 0. The molecule has 0 bridgehead atoms. The topological polar surface area (TPSA) is 61.0 Å². The number of hydrogen-bond acceptors (Lipinski definition) is 0. The maximum absolute atomic E-state index is 0. The van der Waals surface area contributed by atoms with Gasteiger partial charge in [0.25, 0.3) is 0 Å². The van der Waals surface area contributed by atoms with Gasteiger partial charge in [-0.15, -0.1) is 0 Å². The zero-order valence-corrected chi connectivity index (χ0v) is 5.58. The SMILES string of the molecule is [Cr+3].[Ga+3].[N-3].[N-3]. The van der Waals surface area contributed by atoms with Crippen molar-refractivity contribution in [1.82, 2.24) is 0 Å². The van der Waals surface area contributed by atoms with Gasteiger partial charge in [-0.2, -0.15) is 0 Å². The Morgan fingerprint density at radius 1 is 0.750 bits per heavy atom. The first-order chi connectivity index (χ1) is 0. The molecule has 0 N–H and O–H groups in total. The summed E-state index contributed by atoms with van der Waals surface area (Å²) >= 11 is 0. The van der Waals surface area contributed by atoms with Crippen LogP contribution in [-0.4, -0.2) is 19.8 Å². The molecule has 0 aliphatic heterocycles. The van der Waals surface area contributed by atoms with Crippen LogP contribution in [0.2, 0.25) is 0 Å². The number of nitrogens with zero attached hydrogens (tertiary/aromatic N) is 2. The first kappa shape index (κ1) is 71.8. The van der Waals surface area contributed by atoms with Crippen molar-refractivity contribution >= 4 is 19.8 Å². The van der Waals surface area contributed by atoms with Gasteiger partial charge in [0.1, 0.15) is 0 Å². The fourth-order valence-corrected chi connectivity index (χ4v) is 0. The van der Waals surface area contributed by atoms with Crippen molar-refractivity contribution in [1.29, 1.82) is 0 Å². The van der Waals surface area contributed by atoms with Gasteiger partial charge in [0, 0.05) is 0 Å². The Bertz CT molecular complexity index is 6.00.